The Morgan fingerprint density at radius 1 is 1.05 bits per heavy atom. The molecule has 19 heavy (non-hydrogen) atoms. The van der Waals surface area contributed by atoms with Crippen LogP contribution >= 0.6 is 0 Å². The molecule has 0 unspecified atom stereocenters. The van der Waals surface area contributed by atoms with Crippen LogP contribution in [-0.2, 0) is 4.79 Å². The Kier molecular flexibility index (Phi) is 5.60. The first-order chi connectivity index (χ1) is 9.19. The minimum atomic E-state index is 0.319. The quantitative estimate of drug-likeness (QED) is 0.768. The van der Waals surface area contributed by atoms with Gasteiger partial charge in [-0.1, -0.05) is 6.92 Å². The molecule has 0 atom stereocenters. The van der Waals surface area contributed by atoms with Crippen LogP contribution in [0.25, 0.3) is 0 Å². The average molecular weight is 268 g/mol. The number of carbonyl (C=O) groups excluding carboxylic acids is 1. The van der Waals surface area contributed by atoms with E-state index in [2.05, 4.69) is 16.7 Å². The van der Waals surface area contributed by atoms with E-state index >= 15 is 0 Å². The molecule has 110 valence electrons. The minimum Gasteiger partial charge on any atom is -0.342 e. The van der Waals surface area contributed by atoms with Gasteiger partial charge in [0.25, 0.3) is 0 Å². The second-order valence-corrected chi connectivity index (χ2v) is 5.97. The van der Waals surface area contributed by atoms with Crippen LogP contribution in [0.5, 0.6) is 0 Å². The Hall–Kier alpha value is -0.650. The van der Waals surface area contributed by atoms with E-state index in [1.165, 1.54) is 0 Å². The Bertz CT molecular complexity index is 281. The zero-order valence-electron chi connectivity index (χ0n) is 12.2. The highest BCUT2D eigenvalue weighted by molar-refractivity contribution is 5.78. The second kappa shape index (κ2) is 7.22. The number of carbonyl (C=O) groups is 1. The highest BCUT2D eigenvalue weighted by Crippen LogP contribution is 2.16. The van der Waals surface area contributed by atoms with Crippen LogP contribution in [0.3, 0.4) is 0 Å². The third kappa shape index (κ3) is 4.44. The zero-order valence-corrected chi connectivity index (χ0v) is 12.2. The molecule has 5 heteroatoms. The van der Waals surface area contributed by atoms with Crippen LogP contribution in [0, 0.1) is 5.92 Å². The number of nitrogens with two attached hydrogens (primary N) is 1. The molecule has 0 bridgehead atoms. The second-order valence-electron chi connectivity index (χ2n) is 5.97. The molecule has 0 aromatic rings. The summed E-state index contributed by atoms with van der Waals surface area (Å²) in [6.07, 6.45) is 2.33. The number of amides is 1. The molecule has 5 nitrogen and oxygen atoms in total. The predicted molar refractivity (Wildman–Crippen MR) is 76.9 cm³/mol. The summed E-state index contributed by atoms with van der Waals surface area (Å²) >= 11 is 0. The molecular formula is C14H28N4O. The maximum absolute atomic E-state index is 12.2. The molecule has 2 aliphatic heterocycles. The van der Waals surface area contributed by atoms with Crippen molar-refractivity contribution in [2.75, 3.05) is 58.9 Å². The summed E-state index contributed by atoms with van der Waals surface area (Å²) in [7, 11) is 0. The van der Waals surface area contributed by atoms with Crippen molar-refractivity contribution in [1.29, 1.82) is 0 Å². The van der Waals surface area contributed by atoms with Crippen molar-refractivity contribution >= 4 is 5.91 Å². The molecule has 2 rings (SSSR count). The standard InChI is InChI=1S/C14H28N4O/c1-13-2-5-18(6-3-13)14(19)12-17-10-8-16(7-4-15)9-11-17/h13H,2-12,15H2,1H3. The lowest BCUT2D eigenvalue weighted by molar-refractivity contribution is -0.134. The lowest BCUT2D eigenvalue weighted by Gasteiger charge is -2.36. The highest BCUT2D eigenvalue weighted by Gasteiger charge is 2.23. The molecule has 2 fully saturated rings. The van der Waals surface area contributed by atoms with Gasteiger partial charge in [-0.15, -0.1) is 0 Å². The van der Waals surface area contributed by atoms with Gasteiger partial charge in [0, 0.05) is 52.4 Å². The smallest absolute Gasteiger partial charge is 0.236 e. The van der Waals surface area contributed by atoms with Crippen LogP contribution in [0.2, 0.25) is 0 Å². The maximum atomic E-state index is 12.2. The molecule has 0 aromatic carbocycles. The Balaban J connectivity index is 1.69. The Labute approximate surface area is 116 Å². The van der Waals surface area contributed by atoms with Crippen molar-refractivity contribution in [3.8, 4) is 0 Å². The highest BCUT2D eigenvalue weighted by atomic mass is 16.2. The van der Waals surface area contributed by atoms with Crippen molar-refractivity contribution in [1.82, 2.24) is 14.7 Å². The number of piperidine rings is 1. The van der Waals surface area contributed by atoms with E-state index in [1.807, 2.05) is 4.90 Å². The van der Waals surface area contributed by atoms with Crippen molar-refractivity contribution in [2.45, 2.75) is 19.8 Å². The number of hydrogen-bond acceptors (Lipinski definition) is 4. The molecule has 0 spiro atoms. The van der Waals surface area contributed by atoms with Gasteiger partial charge in [-0.05, 0) is 18.8 Å². The van der Waals surface area contributed by atoms with Gasteiger partial charge in [-0.2, -0.15) is 0 Å². The molecule has 2 N–H and O–H groups in total. The maximum Gasteiger partial charge on any atom is 0.236 e. The van der Waals surface area contributed by atoms with Crippen molar-refractivity contribution in [2.24, 2.45) is 11.7 Å². The molecule has 0 saturated carbocycles. The molecular weight excluding hydrogens is 240 g/mol. The fourth-order valence-corrected chi connectivity index (χ4v) is 2.90. The lowest BCUT2D eigenvalue weighted by atomic mass is 9.99. The molecule has 2 heterocycles. The number of nitrogens with zero attached hydrogens (tertiary/aromatic N) is 3. The van der Waals surface area contributed by atoms with Crippen LogP contribution in [0.4, 0.5) is 0 Å². The summed E-state index contributed by atoms with van der Waals surface area (Å²) in [6.45, 7) is 10.6. The Morgan fingerprint density at radius 3 is 2.21 bits per heavy atom. The summed E-state index contributed by atoms with van der Waals surface area (Å²) in [4.78, 5) is 18.9. The van der Waals surface area contributed by atoms with E-state index in [-0.39, 0.29) is 0 Å². The van der Waals surface area contributed by atoms with Crippen molar-refractivity contribution in [3.63, 3.8) is 0 Å². The lowest BCUT2D eigenvalue weighted by Crippen LogP contribution is -2.51. The van der Waals surface area contributed by atoms with Gasteiger partial charge in [0.1, 0.15) is 0 Å². The van der Waals surface area contributed by atoms with Gasteiger partial charge in [-0.3, -0.25) is 14.6 Å². The van der Waals surface area contributed by atoms with Crippen molar-refractivity contribution in [3.05, 3.63) is 0 Å². The monoisotopic (exact) mass is 268 g/mol. The zero-order chi connectivity index (χ0) is 13.7. The van der Waals surface area contributed by atoms with Gasteiger partial charge >= 0.3 is 0 Å². The van der Waals surface area contributed by atoms with Gasteiger partial charge < -0.3 is 10.6 Å². The van der Waals surface area contributed by atoms with Crippen LogP contribution in [0.1, 0.15) is 19.8 Å². The van der Waals surface area contributed by atoms with E-state index in [9.17, 15) is 4.79 Å². The van der Waals surface area contributed by atoms with E-state index in [4.69, 9.17) is 5.73 Å². The van der Waals surface area contributed by atoms with E-state index < -0.39 is 0 Å². The molecule has 2 aliphatic rings. The van der Waals surface area contributed by atoms with E-state index in [1.54, 1.807) is 0 Å². The number of likely N-dealkylation sites (tertiary alicyclic amines) is 1. The molecule has 0 radical (unpaired) electrons. The van der Waals surface area contributed by atoms with E-state index in [0.717, 1.165) is 71.1 Å². The summed E-state index contributed by atoms with van der Waals surface area (Å²) in [5.41, 5.74) is 5.57. The fourth-order valence-electron chi connectivity index (χ4n) is 2.90. The number of hydrogen-bond donors (Lipinski definition) is 1. The van der Waals surface area contributed by atoms with E-state index in [0.29, 0.717) is 12.5 Å². The fraction of sp³-hybridized carbons (Fsp3) is 0.929. The summed E-state index contributed by atoms with van der Waals surface area (Å²) < 4.78 is 0. The molecule has 0 aromatic heterocycles. The third-order valence-corrected chi connectivity index (χ3v) is 4.41. The van der Waals surface area contributed by atoms with Gasteiger partial charge in [0.05, 0.1) is 6.54 Å². The molecule has 2 saturated heterocycles. The van der Waals surface area contributed by atoms with Crippen molar-refractivity contribution < 1.29 is 4.79 Å². The largest absolute Gasteiger partial charge is 0.342 e. The average Bonchev–Trinajstić information content (AvgIpc) is 2.42. The van der Waals surface area contributed by atoms with Crippen LogP contribution in [0.15, 0.2) is 0 Å². The van der Waals surface area contributed by atoms with Gasteiger partial charge in [0.15, 0.2) is 0 Å². The summed E-state index contributed by atoms with van der Waals surface area (Å²) in [6, 6.07) is 0. The van der Waals surface area contributed by atoms with Gasteiger partial charge in [0.2, 0.25) is 5.91 Å². The number of rotatable bonds is 4. The first-order valence-corrected chi connectivity index (χ1v) is 7.61. The van der Waals surface area contributed by atoms with Crippen LogP contribution in [-0.4, -0.2) is 79.5 Å². The SMILES string of the molecule is CC1CCN(C(=O)CN2CCN(CCN)CC2)CC1. The summed E-state index contributed by atoms with van der Waals surface area (Å²) in [5, 5.41) is 0. The first-order valence-electron chi connectivity index (χ1n) is 7.61. The first kappa shape index (κ1) is 14.8. The Morgan fingerprint density at radius 2 is 1.63 bits per heavy atom. The minimum absolute atomic E-state index is 0.319. The molecule has 0 aliphatic carbocycles. The number of piperazine rings is 1. The predicted octanol–water partition coefficient (Wildman–Crippen LogP) is -0.179. The molecule has 1 amide bonds. The van der Waals surface area contributed by atoms with Gasteiger partial charge in [-0.25, -0.2) is 0 Å². The third-order valence-electron chi connectivity index (χ3n) is 4.41. The topological polar surface area (TPSA) is 52.8 Å². The summed E-state index contributed by atoms with van der Waals surface area (Å²) in [5.74, 6) is 1.10. The van der Waals surface area contributed by atoms with Crippen LogP contribution < -0.4 is 5.73 Å². The normalized spacial score (nSPS) is 23.8.